The zero-order valence-corrected chi connectivity index (χ0v) is 32.5. The van der Waals surface area contributed by atoms with Crippen molar-refractivity contribution in [2.24, 2.45) is 0 Å². The van der Waals surface area contributed by atoms with E-state index in [1.165, 1.54) is 32.8 Å². The maximum Gasteiger partial charge on any atom is 0.160 e. The van der Waals surface area contributed by atoms with Gasteiger partial charge in [-0.05, 0) is 81.6 Å². The Bertz CT molecular complexity index is 3530. The van der Waals surface area contributed by atoms with Crippen LogP contribution in [-0.2, 0) is 0 Å². The average Bonchev–Trinajstić information content (AvgIpc) is 3.87. The van der Waals surface area contributed by atoms with Crippen molar-refractivity contribution in [1.29, 1.82) is 0 Å². The minimum atomic E-state index is 0.693. The molecule has 0 saturated heterocycles. The molecular weight excluding hydrogens is 731 g/mol. The maximum absolute atomic E-state index is 6.10. The molecule has 12 aromatic rings. The quantitative estimate of drug-likeness (QED) is 0.169. The van der Waals surface area contributed by atoms with E-state index in [0.29, 0.717) is 5.82 Å². The zero-order chi connectivity index (χ0) is 39.6. The summed E-state index contributed by atoms with van der Waals surface area (Å²) in [5.41, 5.74) is 14.8. The predicted octanol–water partition coefficient (Wildman–Crippen LogP) is 15.0. The second kappa shape index (κ2) is 13.8. The number of nitrogens with zero attached hydrogens (tertiary/aromatic N) is 3. The fourth-order valence-corrected chi connectivity index (χ4v) is 8.95. The summed E-state index contributed by atoms with van der Waals surface area (Å²) in [5, 5.41) is 7.08. The monoisotopic (exact) mass is 765 g/mol. The molecule has 0 bridgehead atoms. The van der Waals surface area contributed by atoms with Gasteiger partial charge in [0.2, 0.25) is 0 Å². The number of para-hydroxylation sites is 3. The van der Waals surface area contributed by atoms with Gasteiger partial charge in [-0.25, -0.2) is 9.97 Å². The molecule has 0 aliphatic carbocycles. The number of hydrogen-bond acceptors (Lipinski definition) is 3. The maximum atomic E-state index is 6.10. The first-order valence-corrected chi connectivity index (χ1v) is 20.3. The first-order valence-electron chi connectivity index (χ1n) is 20.3. The van der Waals surface area contributed by atoms with Crippen molar-refractivity contribution in [2.45, 2.75) is 0 Å². The van der Waals surface area contributed by atoms with Crippen LogP contribution in [0, 0.1) is 0 Å². The first kappa shape index (κ1) is 34.0. The van der Waals surface area contributed by atoms with Gasteiger partial charge in [0.15, 0.2) is 5.82 Å². The van der Waals surface area contributed by atoms with Gasteiger partial charge in [-0.2, -0.15) is 0 Å². The van der Waals surface area contributed by atoms with Crippen LogP contribution < -0.4 is 0 Å². The Morgan fingerprint density at radius 2 is 0.850 bits per heavy atom. The third-order valence-corrected chi connectivity index (χ3v) is 11.9. The second-order valence-electron chi connectivity index (χ2n) is 15.3. The van der Waals surface area contributed by atoms with Gasteiger partial charge in [-0.15, -0.1) is 0 Å². The highest BCUT2D eigenvalue weighted by Crippen LogP contribution is 2.39. The number of benzene rings is 9. The molecule has 0 atom stereocenters. The van der Waals surface area contributed by atoms with Gasteiger partial charge >= 0.3 is 0 Å². The van der Waals surface area contributed by atoms with Gasteiger partial charge in [0.05, 0.1) is 22.4 Å². The summed E-state index contributed by atoms with van der Waals surface area (Å²) in [7, 11) is 0. The molecule has 0 spiro atoms. The summed E-state index contributed by atoms with van der Waals surface area (Å²) in [6.45, 7) is 0. The SMILES string of the molecule is c1ccc(-c2nc(-c3ccc(-c4ccc5oc6ccccc6c5c4)cc3)cc(-c3ccc(-c4ccc(-n5c6ccccc6c6ccccc65)cc4)c4ccccc34)n2)cc1. The van der Waals surface area contributed by atoms with Crippen molar-refractivity contribution >= 4 is 54.5 Å². The minimum absolute atomic E-state index is 0.693. The van der Waals surface area contributed by atoms with Crippen molar-refractivity contribution in [3.63, 3.8) is 0 Å². The smallest absolute Gasteiger partial charge is 0.160 e. The molecule has 0 amide bonds. The molecule has 4 heteroatoms. The van der Waals surface area contributed by atoms with Gasteiger partial charge in [-0.3, -0.25) is 0 Å². The van der Waals surface area contributed by atoms with Crippen molar-refractivity contribution in [1.82, 2.24) is 14.5 Å². The Hall–Kier alpha value is -8.08. The van der Waals surface area contributed by atoms with Gasteiger partial charge in [0.1, 0.15) is 11.2 Å². The number of aromatic nitrogens is 3. The Labute approximate surface area is 346 Å². The number of hydrogen-bond donors (Lipinski definition) is 0. The van der Waals surface area contributed by atoms with Crippen LogP contribution in [0.3, 0.4) is 0 Å². The molecule has 0 radical (unpaired) electrons. The van der Waals surface area contributed by atoms with Crippen molar-refractivity contribution in [2.75, 3.05) is 0 Å². The van der Waals surface area contributed by atoms with E-state index in [1.54, 1.807) is 0 Å². The zero-order valence-electron chi connectivity index (χ0n) is 32.5. The van der Waals surface area contributed by atoms with Gasteiger partial charge in [0, 0.05) is 43.9 Å². The molecule has 280 valence electrons. The molecule has 0 fully saturated rings. The van der Waals surface area contributed by atoms with Crippen LogP contribution in [0.4, 0.5) is 0 Å². The first-order chi connectivity index (χ1) is 29.7. The lowest BCUT2D eigenvalue weighted by Crippen LogP contribution is -1.97. The Morgan fingerprint density at radius 1 is 0.317 bits per heavy atom. The van der Waals surface area contributed by atoms with Crippen LogP contribution in [-0.4, -0.2) is 14.5 Å². The predicted molar refractivity (Wildman–Crippen MR) is 248 cm³/mol. The highest BCUT2D eigenvalue weighted by molar-refractivity contribution is 6.10. The number of furan rings is 1. The van der Waals surface area contributed by atoms with E-state index in [4.69, 9.17) is 14.4 Å². The molecule has 0 aliphatic heterocycles. The molecular formula is C56H35N3O. The third kappa shape index (κ3) is 5.61. The van der Waals surface area contributed by atoms with Gasteiger partial charge < -0.3 is 8.98 Å². The van der Waals surface area contributed by atoms with Crippen LogP contribution in [0.2, 0.25) is 0 Å². The molecule has 0 aliphatic rings. The summed E-state index contributed by atoms with van der Waals surface area (Å²) in [6.07, 6.45) is 0. The van der Waals surface area contributed by atoms with Crippen molar-refractivity contribution < 1.29 is 4.42 Å². The van der Waals surface area contributed by atoms with Gasteiger partial charge in [-0.1, -0.05) is 164 Å². The van der Waals surface area contributed by atoms with Crippen LogP contribution in [0.25, 0.3) is 116 Å². The van der Waals surface area contributed by atoms with E-state index in [2.05, 4.69) is 187 Å². The largest absolute Gasteiger partial charge is 0.456 e. The summed E-state index contributed by atoms with van der Waals surface area (Å²) in [5.74, 6) is 0.693. The second-order valence-corrected chi connectivity index (χ2v) is 15.3. The summed E-state index contributed by atoms with van der Waals surface area (Å²) in [4.78, 5) is 10.4. The number of fused-ring (bicyclic) bond motifs is 7. The van der Waals surface area contributed by atoms with E-state index in [-0.39, 0.29) is 0 Å². The lowest BCUT2D eigenvalue weighted by Gasteiger charge is -2.15. The lowest BCUT2D eigenvalue weighted by molar-refractivity contribution is 0.669. The normalized spacial score (nSPS) is 11.7. The summed E-state index contributed by atoms with van der Waals surface area (Å²) >= 11 is 0. The minimum Gasteiger partial charge on any atom is -0.456 e. The fraction of sp³-hybridized carbons (Fsp3) is 0. The van der Waals surface area contributed by atoms with Crippen LogP contribution in [0.5, 0.6) is 0 Å². The average molecular weight is 766 g/mol. The highest BCUT2D eigenvalue weighted by Gasteiger charge is 2.17. The van der Waals surface area contributed by atoms with Crippen LogP contribution >= 0.6 is 0 Å². The topological polar surface area (TPSA) is 43.9 Å². The fourth-order valence-electron chi connectivity index (χ4n) is 8.95. The van der Waals surface area contributed by atoms with Gasteiger partial charge in [0.25, 0.3) is 0 Å². The molecule has 0 unspecified atom stereocenters. The Kier molecular flexibility index (Phi) is 7.82. The molecule has 9 aromatic carbocycles. The van der Waals surface area contributed by atoms with E-state index in [0.717, 1.165) is 77.8 Å². The molecule has 60 heavy (non-hydrogen) atoms. The standard InChI is InChI=1S/C56H35N3O/c1-2-12-39(13-3-1)56-57-50(38-24-22-36(23-25-38)40-28-33-55-49(34-40)48-18-8-11-21-54(48)60-55)35-51(58-56)45-32-31-42(43-14-4-5-15-44(43)45)37-26-29-41(30-27-37)59-52-19-9-6-16-46(52)47-17-7-10-20-53(47)59/h1-35H. The Morgan fingerprint density at radius 3 is 1.58 bits per heavy atom. The highest BCUT2D eigenvalue weighted by atomic mass is 16.3. The van der Waals surface area contributed by atoms with Crippen LogP contribution in [0.1, 0.15) is 0 Å². The van der Waals surface area contributed by atoms with Crippen LogP contribution in [0.15, 0.2) is 217 Å². The lowest BCUT2D eigenvalue weighted by atomic mass is 9.93. The molecule has 3 aromatic heterocycles. The van der Waals surface area contributed by atoms with Crippen molar-refractivity contribution in [3.8, 4) is 61.8 Å². The number of rotatable bonds is 6. The van der Waals surface area contributed by atoms with E-state index < -0.39 is 0 Å². The molecule has 4 nitrogen and oxygen atoms in total. The molecule has 0 saturated carbocycles. The Balaban J connectivity index is 0.936. The summed E-state index contributed by atoms with van der Waals surface area (Å²) < 4.78 is 8.46. The molecule has 0 N–H and O–H groups in total. The van der Waals surface area contributed by atoms with Crippen molar-refractivity contribution in [3.05, 3.63) is 212 Å². The van der Waals surface area contributed by atoms with E-state index in [9.17, 15) is 0 Å². The van der Waals surface area contributed by atoms with E-state index >= 15 is 0 Å². The molecule has 12 rings (SSSR count). The third-order valence-electron chi connectivity index (χ3n) is 11.9. The summed E-state index contributed by atoms with van der Waals surface area (Å²) in [6, 6.07) is 75.1. The molecule has 3 heterocycles. The van der Waals surface area contributed by atoms with E-state index in [1.807, 2.05) is 30.3 Å².